The van der Waals surface area contributed by atoms with Gasteiger partial charge in [0.2, 0.25) is 0 Å². The normalized spacial score (nSPS) is 18.3. The van der Waals surface area contributed by atoms with E-state index < -0.39 is 17.9 Å². The van der Waals surface area contributed by atoms with Crippen molar-refractivity contribution in [1.29, 1.82) is 5.26 Å². The second-order valence-corrected chi connectivity index (χ2v) is 8.28. The zero-order valence-electron chi connectivity index (χ0n) is 19.4. The maximum absolute atomic E-state index is 13.1. The number of fused-ring (bicyclic) bond motifs is 1. The molecular formula is C26H26N4O4. The number of benzene rings is 2. The van der Waals surface area contributed by atoms with E-state index in [2.05, 4.69) is 11.0 Å². The molecule has 0 radical (unpaired) electrons. The Morgan fingerprint density at radius 1 is 1.06 bits per heavy atom. The van der Waals surface area contributed by atoms with Gasteiger partial charge in [0, 0.05) is 18.8 Å². The van der Waals surface area contributed by atoms with Gasteiger partial charge in [0.1, 0.15) is 11.5 Å². The van der Waals surface area contributed by atoms with E-state index in [9.17, 15) is 14.9 Å². The summed E-state index contributed by atoms with van der Waals surface area (Å²) in [4.78, 5) is 29.9. The summed E-state index contributed by atoms with van der Waals surface area (Å²) in [5.74, 6) is -2.31. The SMILES string of the molecule is COC(=O)C1=C(C(=O)OC)N(c2ccc3c(c2)CN(C)CC3)C(N)=C(C#N)C1c1ccccc1. The number of allylic oxidation sites excluding steroid dienone is 1. The molecule has 0 amide bonds. The van der Waals surface area contributed by atoms with Crippen molar-refractivity contribution in [2.45, 2.75) is 18.9 Å². The molecule has 1 unspecified atom stereocenters. The number of hydrogen-bond donors (Lipinski definition) is 1. The third-order valence-electron chi connectivity index (χ3n) is 6.26. The minimum absolute atomic E-state index is 0.00105. The van der Waals surface area contributed by atoms with Crippen LogP contribution in [0.1, 0.15) is 22.6 Å². The molecule has 0 aromatic heterocycles. The fourth-order valence-corrected chi connectivity index (χ4v) is 4.61. The molecule has 34 heavy (non-hydrogen) atoms. The minimum Gasteiger partial charge on any atom is -0.466 e. The molecule has 8 heteroatoms. The van der Waals surface area contributed by atoms with Gasteiger partial charge in [-0.3, -0.25) is 4.90 Å². The summed E-state index contributed by atoms with van der Waals surface area (Å²) in [6.07, 6.45) is 0.907. The highest BCUT2D eigenvalue weighted by atomic mass is 16.5. The van der Waals surface area contributed by atoms with Crippen molar-refractivity contribution in [1.82, 2.24) is 4.90 Å². The highest BCUT2D eigenvalue weighted by Crippen LogP contribution is 2.43. The van der Waals surface area contributed by atoms with E-state index in [1.54, 1.807) is 24.3 Å². The summed E-state index contributed by atoms with van der Waals surface area (Å²) < 4.78 is 10.2. The van der Waals surface area contributed by atoms with Crippen molar-refractivity contribution < 1.29 is 19.1 Å². The molecule has 0 aliphatic carbocycles. The van der Waals surface area contributed by atoms with Crippen LogP contribution in [0.3, 0.4) is 0 Å². The van der Waals surface area contributed by atoms with Crippen LogP contribution in [0.2, 0.25) is 0 Å². The molecule has 0 saturated heterocycles. The Hall–Kier alpha value is -4.09. The van der Waals surface area contributed by atoms with Gasteiger partial charge < -0.3 is 20.1 Å². The number of ether oxygens (including phenoxy) is 2. The number of carbonyl (C=O) groups excluding carboxylic acids is 2. The monoisotopic (exact) mass is 458 g/mol. The van der Waals surface area contributed by atoms with Crippen LogP contribution in [0.25, 0.3) is 0 Å². The Morgan fingerprint density at radius 3 is 2.41 bits per heavy atom. The average Bonchev–Trinajstić information content (AvgIpc) is 2.86. The Morgan fingerprint density at radius 2 is 1.76 bits per heavy atom. The van der Waals surface area contributed by atoms with E-state index in [1.807, 2.05) is 31.3 Å². The minimum atomic E-state index is -0.882. The van der Waals surface area contributed by atoms with Crippen molar-refractivity contribution in [2.24, 2.45) is 5.73 Å². The van der Waals surface area contributed by atoms with Gasteiger partial charge in [-0.05, 0) is 42.3 Å². The van der Waals surface area contributed by atoms with Crippen LogP contribution in [0.15, 0.2) is 71.2 Å². The molecule has 2 aromatic rings. The molecule has 4 rings (SSSR count). The number of rotatable bonds is 4. The fourth-order valence-electron chi connectivity index (χ4n) is 4.61. The number of methoxy groups -OCH3 is 2. The van der Waals surface area contributed by atoms with Crippen molar-refractivity contribution in [2.75, 3.05) is 32.7 Å². The Balaban J connectivity index is 2.00. The Bertz CT molecular complexity index is 1240. The predicted octanol–water partition coefficient (Wildman–Crippen LogP) is 2.57. The molecule has 2 N–H and O–H groups in total. The van der Waals surface area contributed by atoms with E-state index in [0.29, 0.717) is 11.3 Å². The number of esters is 2. The number of hydrogen-bond acceptors (Lipinski definition) is 8. The zero-order chi connectivity index (χ0) is 24.4. The first-order valence-corrected chi connectivity index (χ1v) is 10.9. The number of nitrogens with zero attached hydrogens (tertiary/aromatic N) is 3. The maximum Gasteiger partial charge on any atom is 0.355 e. The highest BCUT2D eigenvalue weighted by molar-refractivity contribution is 6.06. The van der Waals surface area contributed by atoms with E-state index in [-0.39, 0.29) is 22.7 Å². The molecule has 0 saturated carbocycles. The summed E-state index contributed by atoms with van der Waals surface area (Å²) in [5, 5.41) is 10.1. The second kappa shape index (κ2) is 9.41. The largest absolute Gasteiger partial charge is 0.466 e. The molecule has 174 valence electrons. The van der Waals surface area contributed by atoms with Crippen molar-refractivity contribution >= 4 is 17.6 Å². The van der Waals surface area contributed by atoms with Gasteiger partial charge in [0.15, 0.2) is 0 Å². The lowest BCUT2D eigenvalue weighted by atomic mass is 9.81. The zero-order valence-corrected chi connectivity index (χ0v) is 19.4. The summed E-state index contributed by atoms with van der Waals surface area (Å²) in [6, 6.07) is 16.9. The first kappa shape index (κ1) is 23.1. The maximum atomic E-state index is 13.1. The van der Waals surface area contributed by atoms with Crippen molar-refractivity contribution in [3.05, 3.63) is 87.9 Å². The van der Waals surface area contributed by atoms with E-state index in [1.165, 1.54) is 24.7 Å². The highest BCUT2D eigenvalue weighted by Gasteiger charge is 2.43. The molecule has 0 fully saturated rings. The number of nitrogens with two attached hydrogens (primary N) is 1. The van der Waals surface area contributed by atoms with Crippen LogP contribution in [-0.2, 0) is 32.0 Å². The smallest absolute Gasteiger partial charge is 0.355 e. The van der Waals surface area contributed by atoms with E-state index >= 15 is 0 Å². The van der Waals surface area contributed by atoms with Crippen LogP contribution in [0.5, 0.6) is 0 Å². The van der Waals surface area contributed by atoms with Gasteiger partial charge in [-0.2, -0.15) is 5.26 Å². The quantitative estimate of drug-likeness (QED) is 0.697. The Kier molecular flexibility index (Phi) is 6.39. The lowest BCUT2D eigenvalue weighted by Crippen LogP contribution is -2.41. The second-order valence-electron chi connectivity index (χ2n) is 8.28. The molecule has 1 atom stereocenters. The number of carbonyl (C=O) groups is 2. The fraction of sp³-hybridized carbons (Fsp3) is 0.269. The van der Waals surface area contributed by atoms with Gasteiger partial charge >= 0.3 is 11.9 Å². The lowest BCUT2D eigenvalue weighted by Gasteiger charge is -2.36. The number of likely N-dealkylation sites (N-methyl/N-ethyl adjacent to an activating group) is 1. The summed E-state index contributed by atoms with van der Waals surface area (Å²) in [6.45, 7) is 1.69. The van der Waals surface area contributed by atoms with Crippen molar-refractivity contribution in [3.63, 3.8) is 0 Å². The van der Waals surface area contributed by atoms with Crippen LogP contribution in [0.4, 0.5) is 5.69 Å². The van der Waals surface area contributed by atoms with Crippen molar-refractivity contribution in [3.8, 4) is 6.07 Å². The van der Waals surface area contributed by atoms with Crippen LogP contribution >= 0.6 is 0 Å². The average molecular weight is 459 g/mol. The molecule has 0 spiro atoms. The summed E-state index contributed by atoms with van der Waals surface area (Å²) in [7, 11) is 4.51. The van der Waals surface area contributed by atoms with Crippen LogP contribution in [0, 0.1) is 11.3 Å². The molecule has 8 nitrogen and oxygen atoms in total. The first-order chi connectivity index (χ1) is 16.4. The van der Waals surface area contributed by atoms with Gasteiger partial charge in [0.05, 0.1) is 37.4 Å². The summed E-state index contributed by atoms with van der Waals surface area (Å²) >= 11 is 0. The van der Waals surface area contributed by atoms with E-state index in [4.69, 9.17) is 15.2 Å². The summed E-state index contributed by atoms with van der Waals surface area (Å²) in [5.41, 5.74) is 10.1. The van der Waals surface area contributed by atoms with Gasteiger partial charge in [-0.15, -0.1) is 0 Å². The molecule has 2 heterocycles. The molecule has 2 aromatic carbocycles. The molecular weight excluding hydrogens is 432 g/mol. The first-order valence-electron chi connectivity index (χ1n) is 10.9. The van der Waals surface area contributed by atoms with E-state index in [0.717, 1.165) is 25.1 Å². The topological polar surface area (TPSA) is 109 Å². The molecule has 0 bridgehead atoms. The third-order valence-corrected chi connectivity index (χ3v) is 6.26. The van der Waals surface area contributed by atoms with Gasteiger partial charge in [-0.25, -0.2) is 9.59 Å². The lowest BCUT2D eigenvalue weighted by molar-refractivity contribution is -0.139. The Labute approximate surface area is 198 Å². The predicted molar refractivity (Wildman–Crippen MR) is 126 cm³/mol. The van der Waals surface area contributed by atoms with Crippen LogP contribution in [-0.4, -0.2) is 44.7 Å². The van der Waals surface area contributed by atoms with Crippen LogP contribution < -0.4 is 10.6 Å². The molecule has 2 aliphatic heterocycles. The van der Waals surface area contributed by atoms with Gasteiger partial charge in [-0.1, -0.05) is 36.4 Å². The molecule has 2 aliphatic rings. The van der Waals surface area contributed by atoms with Gasteiger partial charge in [0.25, 0.3) is 0 Å². The number of nitriles is 1. The number of anilines is 1. The standard InChI is InChI=1S/C26H26N4O4/c1-29-12-11-16-9-10-19(13-18(16)15-29)30-23(26(32)34-3)22(25(31)33-2)21(20(14-27)24(30)28)17-7-5-4-6-8-17/h4-10,13,21H,11-12,15,28H2,1-3H3. The third kappa shape index (κ3) is 3.91.